The van der Waals surface area contributed by atoms with Crippen LogP contribution in [0.1, 0.15) is 50.7 Å². The van der Waals surface area contributed by atoms with Gasteiger partial charge in [0.2, 0.25) is 0 Å². The van der Waals surface area contributed by atoms with Gasteiger partial charge >= 0.3 is 0 Å². The Bertz CT molecular complexity index is 453. The molecule has 1 N–H and O–H groups in total. The highest BCUT2D eigenvalue weighted by Gasteiger charge is 2.20. The predicted molar refractivity (Wildman–Crippen MR) is 71.2 cm³/mol. The molecule has 5 heteroatoms. The number of hydrogen-bond acceptors (Lipinski definition) is 4. The Kier molecular flexibility index (Phi) is 4.37. The van der Waals surface area contributed by atoms with E-state index in [1.807, 2.05) is 0 Å². The molecular weight excluding hydrogens is 246 g/mol. The van der Waals surface area contributed by atoms with Crippen molar-refractivity contribution in [2.45, 2.75) is 51.2 Å². The zero-order valence-electron chi connectivity index (χ0n) is 11.0. The summed E-state index contributed by atoms with van der Waals surface area (Å²) < 4.78 is 5.90. The van der Waals surface area contributed by atoms with Gasteiger partial charge in [-0.15, -0.1) is 0 Å². The maximum Gasteiger partial charge on any atom is 0.270 e. The van der Waals surface area contributed by atoms with Gasteiger partial charge in [0, 0.05) is 17.7 Å². The van der Waals surface area contributed by atoms with Gasteiger partial charge < -0.3 is 9.84 Å². The van der Waals surface area contributed by atoms with E-state index in [2.05, 4.69) is 0 Å². The van der Waals surface area contributed by atoms with E-state index in [-0.39, 0.29) is 11.8 Å². The third-order valence-corrected chi connectivity index (χ3v) is 3.50. The van der Waals surface area contributed by atoms with E-state index in [1.54, 1.807) is 13.0 Å². The molecule has 1 aromatic rings. The number of aliphatic hydroxyl groups excluding tert-OH is 1. The Morgan fingerprint density at radius 3 is 2.63 bits per heavy atom. The van der Waals surface area contributed by atoms with Crippen LogP contribution in [0.25, 0.3) is 0 Å². The molecule has 1 fully saturated rings. The highest BCUT2D eigenvalue weighted by atomic mass is 16.6. The summed E-state index contributed by atoms with van der Waals surface area (Å²) in [6, 6.07) is 4.40. The molecule has 1 aliphatic rings. The Hall–Kier alpha value is -1.62. The van der Waals surface area contributed by atoms with E-state index in [9.17, 15) is 15.2 Å². The first-order chi connectivity index (χ1) is 9.08. The van der Waals surface area contributed by atoms with Gasteiger partial charge in [0.05, 0.1) is 17.1 Å². The topological polar surface area (TPSA) is 72.6 Å². The van der Waals surface area contributed by atoms with Gasteiger partial charge in [-0.05, 0) is 38.7 Å². The van der Waals surface area contributed by atoms with Crippen molar-refractivity contribution < 1.29 is 14.8 Å². The molecular formula is C14H19NO4. The molecule has 1 aromatic carbocycles. The lowest BCUT2D eigenvalue weighted by Gasteiger charge is -2.24. The molecule has 0 amide bonds. The van der Waals surface area contributed by atoms with E-state index in [1.165, 1.54) is 18.6 Å². The van der Waals surface area contributed by atoms with Crippen molar-refractivity contribution in [3.8, 4) is 5.75 Å². The molecule has 0 heterocycles. The molecule has 0 spiro atoms. The van der Waals surface area contributed by atoms with Gasteiger partial charge in [-0.1, -0.05) is 6.42 Å². The monoisotopic (exact) mass is 265 g/mol. The number of nitro benzene ring substituents is 1. The van der Waals surface area contributed by atoms with Gasteiger partial charge in [-0.2, -0.15) is 0 Å². The Morgan fingerprint density at radius 2 is 2.05 bits per heavy atom. The van der Waals surface area contributed by atoms with Crippen molar-refractivity contribution >= 4 is 5.69 Å². The summed E-state index contributed by atoms with van der Waals surface area (Å²) in [5.41, 5.74) is 0.465. The van der Waals surface area contributed by atoms with Crippen molar-refractivity contribution in [1.29, 1.82) is 0 Å². The molecule has 0 unspecified atom stereocenters. The van der Waals surface area contributed by atoms with Gasteiger partial charge in [0.25, 0.3) is 5.69 Å². The zero-order chi connectivity index (χ0) is 13.8. The first kappa shape index (κ1) is 13.8. The van der Waals surface area contributed by atoms with Crippen molar-refractivity contribution in [3.63, 3.8) is 0 Å². The minimum absolute atomic E-state index is 0.0214. The highest BCUT2D eigenvalue weighted by molar-refractivity contribution is 5.44. The largest absolute Gasteiger partial charge is 0.490 e. The molecule has 0 saturated heterocycles. The van der Waals surface area contributed by atoms with Crippen LogP contribution in [-0.4, -0.2) is 16.1 Å². The number of hydrogen-bond donors (Lipinski definition) is 1. The van der Waals surface area contributed by atoms with Crippen molar-refractivity contribution in [3.05, 3.63) is 33.9 Å². The zero-order valence-corrected chi connectivity index (χ0v) is 11.0. The predicted octanol–water partition coefficient (Wildman–Crippen LogP) is 3.36. The molecule has 0 aromatic heterocycles. The number of benzene rings is 1. The molecule has 1 aliphatic carbocycles. The summed E-state index contributed by atoms with van der Waals surface area (Å²) in [6.45, 7) is 1.59. The summed E-state index contributed by atoms with van der Waals surface area (Å²) in [4.78, 5) is 10.3. The summed E-state index contributed by atoms with van der Waals surface area (Å²) in [5.74, 6) is 0.563. The van der Waals surface area contributed by atoms with Crippen LogP contribution in [0.5, 0.6) is 5.75 Å². The fourth-order valence-corrected chi connectivity index (χ4v) is 2.45. The molecule has 2 rings (SSSR count). The van der Waals surface area contributed by atoms with Crippen LogP contribution in [0, 0.1) is 10.1 Å². The van der Waals surface area contributed by atoms with Gasteiger partial charge in [-0.3, -0.25) is 10.1 Å². The summed E-state index contributed by atoms with van der Waals surface area (Å²) in [7, 11) is 0. The van der Waals surface area contributed by atoms with Crippen LogP contribution in [0.2, 0.25) is 0 Å². The number of ether oxygens (including phenoxy) is 1. The molecule has 0 aliphatic heterocycles. The van der Waals surface area contributed by atoms with E-state index in [0.29, 0.717) is 11.3 Å². The van der Waals surface area contributed by atoms with Gasteiger partial charge in [0.15, 0.2) is 0 Å². The summed E-state index contributed by atoms with van der Waals surface area (Å²) >= 11 is 0. The van der Waals surface area contributed by atoms with Crippen molar-refractivity contribution in [2.75, 3.05) is 0 Å². The lowest BCUT2D eigenvalue weighted by atomic mass is 9.97. The maximum atomic E-state index is 10.8. The fourth-order valence-electron chi connectivity index (χ4n) is 2.45. The SMILES string of the molecule is C[C@H](O)c1cc([N+](=O)[O-])ccc1OC1CCCCC1. The quantitative estimate of drug-likeness (QED) is 0.669. The first-order valence-electron chi connectivity index (χ1n) is 6.71. The van der Waals surface area contributed by atoms with E-state index in [0.717, 1.165) is 25.7 Å². The van der Waals surface area contributed by atoms with Crippen LogP contribution in [0.15, 0.2) is 18.2 Å². The summed E-state index contributed by atoms with van der Waals surface area (Å²) in [6.07, 6.45) is 4.95. The number of non-ortho nitro benzene ring substituents is 1. The second kappa shape index (κ2) is 6.02. The lowest BCUT2D eigenvalue weighted by molar-refractivity contribution is -0.385. The molecule has 0 radical (unpaired) electrons. The molecule has 19 heavy (non-hydrogen) atoms. The van der Waals surface area contributed by atoms with Crippen LogP contribution in [0.3, 0.4) is 0 Å². The highest BCUT2D eigenvalue weighted by Crippen LogP contribution is 2.32. The number of nitro groups is 1. The second-order valence-corrected chi connectivity index (χ2v) is 5.03. The molecule has 0 bridgehead atoms. The van der Waals surface area contributed by atoms with Crippen LogP contribution in [0.4, 0.5) is 5.69 Å². The minimum atomic E-state index is -0.779. The number of aliphatic hydroxyl groups is 1. The fraction of sp³-hybridized carbons (Fsp3) is 0.571. The van der Waals surface area contributed by atoms with E-state index >= 15 is 0 Å². The summed E-state index contributed by atoms with van der Waals surface area (Å²) in [5, 5.41) is 20.5. The van der Waals surface area contributed by atoms with Crippen LogP contribution in [-0.2, 0) is 0 Å². The van der Waals surface area contributed by atoms with Gasteiger partial charge in [0.1, 0.15) is 5.75 Å². The van der Waals surface area contributed by atoms with Crippen molar-refractivity contribution in [2.24, 2.45) is 0 Å². The molecule has 5 nitrogen and oxygen atoms in total. The Morgan fingerprint density at radius 1 is 1.37 bits per heavy atom. The molecule has 104 valence electrons. The normalized spacial score (nSPS) is 18.0. The maximum absolute atomic E-state index is 10.8. The van der Waals surface area contributed by atoms with Crippen LogP contribution >= 0.6 is 0 Å². The average Bonchev–Trinajstić information content (AvgIpc) is 2.39. The van der Waals surface area contributed by atoms with E-state index < -0.39 is 11.0 Å². The Labute approximate surface area is 112 Å². The van der Waals surface area contributed by atoms with Crippen LogP contribution < -0.4 is 4.74 Å². The van der Waals surface area contributed by atoms with Crippen molar-refractivity contribution in [1.82, 2.24) is 0 Å². The third-order valence-electron chi connectivity index (χ3n) is 3.50. The second-order valence-electron chi connectivity index (χ2n) is 5.03. The average molecular weight is 265 g/mol. The van der Waals surface area contributed by atoms with E-state index in [4.69, 9.17) is 4.74 Å². The smallest absolute Gasteiger partial charge is 0.270 e. The Balaban J connectivity index is 2.20. The minimum Gasteiger partial charge on any atom is -0.490 e. The lowest BCUT2D eigenvalue weighted by Crippen LogP contribution is -2.20. The number of rotatable bonds is 4. The molecule has 1 atom stereocenters. The number of nitrogens with zero attached hydrogens (tertiary/aromatic N) is 1. The van der Waals surface area contributed by atoms with Gasteiger partial charge in [-0.25, -0.2) is 0 Å². The molecule has 1 saturated carbocycles. The standard InChI is InChI=1S/C14H19NO4/c1-10(16)13-9-11(15(17)18)7-8-14(13)19-12-5-3-2-4-6-12/h7-10,12,16H,2-6H2,1H3/t10-/m0/s1. The third kappa shape index (κ3) is 3.44. The first-order valence-corrected chi connectivity index (χ1v) is 6.71.